The lowest BCUT2D eigenvalue weighted by Crippen LogP contribution is -2.39. The van der Waals surface area contributed by atoms with E-state index in [2.05, 4.69) is 0 Å². The van der Waals surface area contributed by atoms with Crippen molar-refractivity contribution in [1.82, 2.24) is 0 Å². The Kier molecular flexibility index (Phi) is 8.19. The van der Waals surface area contributed by atoms with Crippen molar-refractivity contribution in [2.45, 2.75) is 19.4 Å². The molecule has 124 valence electrons. The molecule has 0 aliphatic rings. The number of ether oxygens (including phenoxy) is 1. The molecule has 0 aliphatic carbocycles. The quantitative estimate of drug-likeness (QED) is 0.804. The van der Waals surface area contributed by atoms with Crippen LogP contribution in [0.15, 0.2) is 60.7 Å². The van der Waals surface area contributed by atoms with E-state index in [1.54, 1.807) is 60.7 Å². The van der Waals surface area contributed by atoms with Crippen molar-refractivity contribution in [2.75, 3.05) is 19.8 Å². The molecule has 23 heavy (non-hydrogen) atoms. The van der Waals surface area contributed by atoms with Gasteiger partial charge in [0.15, 0.2) is 5.60 Å². The van der Waals surface area contributed by atoms with Gasteiger partial charge in [-0.2, -0.15) is 0 Å². The van der Waals surface area contributed by atoms with E-state index >= 15 is 0 Å². The second-order valence-electron chi connectivity index (χ2n) is 4.86. The molecule has 2 rings (SSSR count). The molecule has 4 nitrogen and oxygen atoms in total. The fraction of sp³-hybridized carbons (Fsp3) is 0.316. The topological polar surface area (TPSA) is 66.8 Å². The third-order valence-corrected chi connectivity index (χ3v) is 3.30. The molecule has 4 heteroatoms. The number of carbonyl (C=O) groups is 1. The van der Waals surface area contributed by atoms with Crippen molar-refractivity contribution in [1.29, 1.82) is 0 Å². The second-order valence-corrected chi connectivity index (χ2v) is 4.86. The van der Waals surface area contributed by atoms with Crippen LogP contribution in [0.3, 0.4) is 0 Å². The number of carbonyl (C=O) groups excluding carboxylic acids is 1. The number of rotatable bonds is 6. The molecule has 0 spiro atoms. The lowest BCUT2D eigenvalue weighted by Gasteiger charge is -2.24. The van der Waals surface area contributed by atoms with E-state index < -0.39 is 18.0 Å². The minimum absolute atomic E-state index is 0.373. The Balaban J connectivity index is 0.000000463. The largest absolute Gasteiger partial charge is 0.393 e. The summed E-state index contributed by atoms with van der Waals surface area (Å²) in [5.74, 6) is -0.503. The van der Waals surface area contributed by atoms with Gasteiger partial charge in [-0.3, -0.25) is 4.79 Å². The van der Waals surface area contributed by atoms with Crippen LogP contribution in [-0.4, -0.2) is 35.8 Å². The highest BCUT2D eigenvalue weighted by molar-refractivity contribution is 6.02. The van der Waals surface area contributed by atoms with Gasteiger partial charge in [0.1, 0.15) is 0 Å². The van der Waals surface area contributed by atoms with Crippen molar-refractivity contribution < 1.29 is 19.7 Å². The van der Waals surface area contributed by atoms with Gasteiger partial charge in [-0.25, -0.2) is 0 Å². The molecule has 0 heterocycles. The summed E-state index contributed by atoms with van der Waals surface area (Å²) in [5.41, 5.74) is -1.12. The monoisotopic (exact) mass is 316 g/mol. The molecule has 0 bridgehead atoms. The molecule has 0 aromatic heterocycles. The van der Waals surface area contributed by atoms with Gasteiger partial charge in [0.25, 0.3) is 0 Å². The summed E-state index contributed by atoms with van der Waals surface area (Å²) >= 11 is 0. The summed E-state index contributed by atoms with van der Waals surface area (Å²) in [6, 6.07) is 16.9. The van der Waals surface area contributed by atoms with Gasteiger partial charge in [-0.05, 0) is 19.4 Å². The minimum Gasteiger partial charge on any atom is -0.393 e. The van der Waals surface area contributed by atoms with Gasteiger partial charge in [0, 0.05) is 18.8 Å². The van der Waals surface area contributed by atoms with E-state index in [0.717, 1.165) is 13.2 Å². The lowest BCUT2D eigenvalue weighted by molar-refractivity contribution is -0.00399. The van der Waals surface area contributed by atoms with Crippen LogP contribution in [0.5, 0.6) is 0 Å². The smallest absolute Gasteiger partial charge is 0.201 e. The van der Waals surface area contributed by atoms with E-state index in [1.807, 2.05) is 13.8 Å². The average molecular weight is 316 g/mol. The first-order valence-corrected chi connectivity index (χ1v) is 7.66. The molecular weight excluding hydrogens is 292 g/mol. The predicted octanol–water partition coefficient (Wildman–Crippen LogP) is 2.79. The number of Topliss-reactive ketones (excluding diaryl/α,β-unsaturated/α-hetero) is 1. The van der Waals surface area contributed by atoms with E-state index in [4.69, 9.17) is 4.74 Å². The second kappa shape index (κ2) is 9.90. The summed E-state index contributed by atoms with van der Waals surface area (Å²) in [5, 5.41) is 19.8. The van der Waals surface area contributed by atoms with Gasteiger partial charge < -0.3 is 14.9 Å². The Labute approximate surface area is 137 Å². The standard InChI is InChI=1S/C15H14O3.C4H10O/c16-11-15(18,13-9-5-2-6-10-13)14(17)12-7-3-1-4-8-12;1-3-5-4-2/h1-10,16,18H,11H2;3-4H2,1-2H3. The molecule has 0 fully saturated rings. The van der Waals surface area contributed by atoms with Crippen LogP contribution in [0.25, 0.3) is 0 Å². The van der Waals surface area contributed by atoms with Crippen LogP contribution in [0, 0.1) is 0 Å². The van der Waals surface area contributed by atoms with Gasteiger partial charge in [-0.15, -0.1) is 0 Å². The first-order chi connectivity index (χ1) is 11.1. The highest BCUT2D eigenvalue weighted by atomic mass is 16.5. The van der Waals surface area contributed by atoms with Crippen LogP contribution in [0.4, 0.5) is 0 Å². The van der Waals surface area contributed by atoms with Crippen molar-refractivity contribution in [2.24, 2.45) is 0 Å². The van der Waals surface area contributed by atoms with Crippen molar-refractivity contribution in [3.05, 3.63) is 71.8 Å². The zero-order valence-electron chi connectivity index (χ0n) is 13.6. The highest BCUT2D eigenvalue weighted by Gasteiger charge is 2.37. The minimum atomic E-state index is -1.89. The Bertz CT molecular complexity index is 566. The maximum absolute atomic E-state index is 12.3. The fourth-order valence-electron chi connectivity index (χ4n) is 2.04. The van der Waals surface area contributed by atoms with Crippen molar-refractivity contribution >= 4 is 5.78 Å². The van der Waals surface area contributed by atoms with Crippen LogP contribution < -0.4 is 0 Å². The SMILES string of the molecule is CCOCC.O=C(c1ccccc1)C(O)(CO)c1ccccc1. The van der Waals surface area contributed by atoms with Gasteiger partial charge in [0.05, 0.1) is 6.61 Å². The van der Waals surface area contributed by atoms with E-state index in [-0.39, 0.29) is 0 Å². The average Bonchev–Trinajstić information content (AvgIpc) is 2.63. The Morgan fingerprint density at radius 1 is 0.957 bits per heavy atom. The normalized spacial score (nSPS) is 12.7. The molecule has 1 unspecified atom stereocenters. The first kappa shape index (κ1) is 19.0. The first-order valence-electron chi connectivity index (χ1n) is 7.66. The molecule has 2 aromatic rings. The third-order valence-electron chi connectivity index (χ3n) is 3.30. The number of benzene rings is 2. The Morgan fingerprint density at radius 3 is 1.83 bits per heavy atom. The Morgan fingerprint density at radius 2 is 1.43 bits per heavy atom. The summed E-state index contributed by atoms with van der Waals surface area (Å²) < 4.78 is 4.83. The van der Waals surface area contributed by atoms with Gasteiger partial charge in [0.2, 0.25) is 5.78 Å². The zero-order valence-corrected chi connectivity index (χ0v) is 13.6. The van der Waals surface area contributed by atoms with Crippen LogP contribution in [0.2, 0.25) is 0 Å². The van der Waals surface area contributed by atoms with Gasteiger partial charge in [-0.1, -0.05) is 60.7 Å². The van der Waals surface area contributed by atoms with Crippen molar-refractivity contribution in [3.63, 3.8) is 0 Å². The molecule has 2 N–H and O–H groups in total. The van der Waals surface area contributed by atoms with Crippen molar-refractivity contribution in [3.8, 4) is 0 Å². The molecule has 0 saturated heterocycles. The summed E-state index contributed by atoms with van der Waals surface area (Å²) in [6.45, 7) is 5.02. The summed E-state index contributed by atoms with van der Waals surface area (Å²) in [4.78, 5) is 12.3. The van der Waals surface area contributed by atoms with E-state index in [9.17, 15) is 15.0 Å². The third kappa shape index (κ3) is 5.28. The van der Waals surface area contributed by atoms with Crippen LogP contribution in [-0.2, 0) is 10.3 Å². The fourth-order valence-corrected chi connectivity index (χ4v) is 2.04. The van der Waals surface area contributed by atoms with Gasteiger partial charge >= 0.3 is 0 Å². The molecule has 2 aromatic carbocycles. The van der Waals surface area contributed by atoms with Crippen LogP contribution >= 0.6 is 0 Å². The molecule has 1 atom stereocenters. The predicted molar refractivity (Wildman–Crippen MR) is 90.4 cm³/mol. The van der Waals surface area contributed by atoms with E-state index in [1.165, 1.54) is 0 Å². The zero-order chi connectivity index (χ0) is 17.1. The maximum atomic E-state index is 12.3. The Hall–Kier alpha value is -2.01. The molecule has 0 radical (unpaired) electrons. The summed E-state index contributed by atoms with van der Waals surface area (Å²) in [6.07, 6.45) is 0. The van der Waals surface area contributed by atoms with Crippen LogP contribution in [0.1, 0.15) is 29.8 Å². The molecular formula is C19H24O4. The van der Waals surface area contributed by atoms with E-state index in [0.29, 0.717) is 11.1 Å². The highest BCUT2D eigenvalue weighted by Crippen LogP contribution is 2.25. The number of ketones is 1. The molecule has 0 amide bonds. The molecule has 0 saturated carbocycles. The molecule has 0 aliphatic heterocycles. The number of aliphatic hydroxyl groups excluding tert-OH is 1. The number of hydrogen-bond donors (Lipinski definition) is 2. The number of hydrogen-bond acceptors (Lipinski definition) is 4. The number of aliphatic hydroxyl groups is 2. The summed E-state index contributed by atoms with van der Waals surface area (Å²) in [7, 11) is 0. The lowest BCUT2D eigenvalue weighted by atomic mass is 9.87. The maximum Gasteiger partial charge on any atom is 0.201 e.